The Bertz CT molecular complexity index is 1330. The Morgan fingerprint density at radius 3 is 2.40 bits per heavy atom. The number of hydrogen-bond donors (Lipinski definition) is 1. The first-order chi connectivity index (χ1) is 17.0. The van der Waals surface area contributed by atoms with Gasteiger partial charge in [-0.2, -0.15) is 0 Å². The number of nitro benzene ring substituents is 1. The van der Waals surface area contributed by atoms with Crippen molar-refractivity contribution in [3.63, 3.8) is 0 Å². The highest BCUT2D eigenvalue weighted by molar-refractivity contribution is 5.96. The van der Waals surface area contributed by atoms with E-state index in [4.69, 9.17) is 4.42 Å². The number of likely N-dealkylation sites (N-methyl/N-ethyl adjacent to an activating group) is 1. The maximum atomic E-state index is 13.3. The molecule has 0 aliphatic carbocycles. The van der Waals surface area contributed by atoms with E-state index in [2.05, 4.69) is 10.2 Å². The molecule has 1 aliphatic heterocycles. The van der Waals surface area contributed by atoms with Crippen LogP contribution >= 0.6 is 0 Å². The van der Waals surface area contributed by atoms with Crippen molar-refractivity contribution >= 4 is 28.3 Å². The quantitative estimate of drug-likeness (QED) is 0.327. The molecule has 178 valence electrons. The molecule has 8 heteroatoms. The van der Waals surface area contributed by atoms with Crippen molar-refractivity contribution in [1.82, 2.24) is 10.2 Å². The Morgan fingerprint density at radius 2 is 1.69 bits per heavy atom. The van der Waals surface area contributed by atoms with E-state index in [-0.39, 0.29) is 11.3 Å². The number of carbonyl (C=O) groups excluding carboxylic acids is 1. The average Bonchev–Trinajstić information content (AvgIpc) is 3.32. The van der Waals surface area contributed by atoms with Crippen LogP contribution in [-0.2, 0) is 0 Å². The Balaban J connectivity index is 1.46. The standard InChI is InChI=1S/C27H26N4O4/c1-29-13-15-30(16-14-29)22-12-11-21(17-23(22)31(33)34)27(32)28-26(19-7-3-2-4-8-19)25-18-20-9-5-6-10-24(20)35-25/h2-12,17-18,26H,13-16H2,1H3,(H,28,32). The number of rotatable bonds is 6. The molecule has 1 saturated heterocycles. The molecule has 1 N–H and O–H groups in total. The number of anilines is 1. The van der Waals surface area contributed by atoms with E-state index in [0.29, 0.717) is 24.5 Å². The van der Waals surface area contributed by atoms with Gasteiger partial charge in [0.2, 0.25) is 0 Å². The maximum absolute atomic E-state index is 13.3. The molecule has 2 heterocycles. The van der Waals surface area contributed by atoms with Gasteiger partial charge in [0, 0.05) is 43.2 Å². The van der Waals surface area contributed by atoms with Crippen LogP contribution in [0.1, 0.15) is 27.7 Å². The van der Waals surface area contributed by atoms with Gasteiger partial charge in [-0.15, -0.1) is 0 Å². The highest BCUT2D eigenvalue weighted by Crippen LogP contribution is 2.32. The number of hydrogen-bond acceptors (Lipinski definition) is 6. The molecule has 1 aromatic heterocycles. The fraction of sp³-hybridized carbons (Fsp3) is 0.222. The van der Waals surface area contributed by atoms with Crippen LogP contribution in [0.5, 0.6) is 0 Å². The third-order valence-corrected chi connectivity index (χ3v) is 6.42. The topological polar surface area (TPSA) is 91.9 Å². The fourth-order valence-corrected chi connectivity index (χ4v) is 4.45. The number of nitro groups is 1. The van der Waals surface area contributed by atoms with Gasteiger partial charge in [0.05, 0.1) is 4.92 Å². The molecule has 3 aromatic carbocycles. The maximum Gasteiger partial charge on any atom is 0.293 e. The Morgan fingerprint density at radius 1 is 0.971 bits per heavy atom. The normalized spacial score (nSPS) is 15.2. The van der Waals surface area contributed by atoms with Crippen molar-refractivity contribution in [3.8, 4) is 0 Å². The van der Waals surface area contributed by atoms with Gasteiger partial charge in [-0.3, -0.25) is 14.9 Å². The van der Waals surface area contributed by atoms with Crippen LogP contribution in [0, 0.1) is 10.1 Å². The third-order valence-electron chi connectivity index (χ3n) is 6.42. The molecule has 1 amide bonds. The molecule has 1 unspecified atom stereocenters. The van der Waals surface area contributed by atoms with E-state index in [1.807, 2.05) is 72.6 Å². The van der Waals surface area contributed by atoms with E-state index in [9.17, 15) is 14.9 Å². The molecule has 1 aliphatic rings. The van der Waals surface area contributed by atoms with E-state index in [1.54, 1.807) is 12.1 Å². The number of nitrogens with zero attached hydrogens (tertiary/aromatic N) is 3. The number of nitrogens with one attached hydrogen (secondary N) is 1. The summed E-state index contributed by atoms with van der Waals surface area (Å²) in [6.07, 6.45) is 0. The number of fused-ring (bicyclic) bond motifs is 1. The van der Waals surface area contributed by atoms with E-state index in [1.165, 1.54) is 6.07 Å². The van der Waals surface area contributed by atoms with Crippen LogP contribution in [-0.4, -0.2) is 49.0 Å². The monoisotopic (exact) mass is 470 g/mol. The van der Waals surface area contributed by atoms with Crippen LogP contribution < -0.4 is 10.2 Å². The van der Waals surface area contributed by atoms with Crippen LogP contribution in [0.2, 0.25) is 0 Å². The second-order valence-corrected chi connectivity index (χ2v) is 8.75. The average molecular weight is 471 g/mol. The Hall–Kier alpha value is -4.17. The molecule has 0 radical (unpaired) electrons. The van der Waals surface area contributed by atoms with Crippen LogP contribution in [0.3, 0.4) is 0 Å². The SMILES string of the molecule is CN1CCN(c2ccc(C(=O)NC(c3ccccc3)c3cc4ccccc4o3)cc2[N+](=O)[O-])CC1. The lowest BCUT2D eigenvalue weighted by Crippen LogP contribution is -2.44. The summed E-state index contributed by atoms with van der Waals surface area (Å²) in [6.45, 7) is 3.06. The summed E-state index contributed by atoms with van der Waals surface area (Å²) in [7, 11) is 2.03. The number of amides is 1. The third kappa shape index (κ3) is 4.74. The first-order valence-corrected chi connectivity index (χ1v) is 11.6. The molecule has 4 aromatic rings. The minimum Gasteiger partial charge on any atom is -0.459 e. The van der Waals surface area contributed by atoms with Crippen LogP contribution in [0.25, 0.3) is 11.0 Å². The van der Waals surface area contributed by atoms with E-state index >= 15 is 0 Å². The molecule has 1 fully saturated rings. The zero-order valence-electron chi connectivity index (χ0n) is 19.4. The molecule has 0 bridgehead atoms. The number of furan rings is 1. The van der Waals surface area contributed by atoms with Gasteiger partial charge in [-0.05, 0) is 36.9 Å². The highest BCUT2D eigenvalue weighted by Gasteiger charge is 2.26. The number of benzene rings is 3. The second kappa shape index (κ2) is 9.60. The Kier molecular flexibility index (Phi) is 6.20. The summed E-state index contributed by atoms with van der Waals surface area (Å²) in [5.41, 5.74) is 2.28. The van der Waals surface area contributed by atoms with Gasteiger partial charge in [0.25, 0.3) is 11.6 Å². The molecule has 35 heavy (non-hydrogen) atoms. The molecule has 8 nitrogen and oxygen atoms in total. The number of piperazine rings is 1. The fourth-order valence-electron chi connectivity index (χ4n) is 4.45. The van der Waals surface area contributed by atoms with Crippen molar-refractivity contribution in [1.29, 1.82) is 0 Å². The predicted octanol–water partition coefficient (Wildman–Crippen LogP) is 4.61. The van der Waals surface area contributed by atoms with Gasteiger partial charge >= 0.3 is 0 Å². The van der Waals surface area contributed by atoms with E-state index in [0.717, 1.165) is 29.6 Å². The van der Waals surface area contributed by atoms with Gasteiger partial charge in [0.15, 0.2) is 0 Å². The van der Waals surface area contributed by atoms with Crippen molar-refractivity contribution in [3.05, 3.63) is 106 Å². The van der Waals surface area contributed by atoms with Gasteiger partial charge < -0.3 is 19.5 Å². The minimum atomic E-state index is -0.549. The summed E-state index contributed by atoms with van der Waals surface area (Å²) in [6, 6.07) is 23.2. The Labute approximate surface area is 202 Å². The zero-order chi connectivity index (χ0) is 24.4. The largest absolute Gasteiger partial charge is 0.459 e. The lowest BCUT2D eigenvalue weighted by molar-refractivity contribution is -0.384. The first kappa shape index (κ1) is 22.6. The van der Waals surface area contributed by atoms with Gasteiger partial charge in [0.1, 0.15) is 23.1 Å². The summed E-state index contributed by atoms with van der Waals surface area (Å²) in [5.74, 6) is 0.182. The molecular weight excluding hydrogens is 444 g/mol. The van der Waals surface area contributed by atoms with E-state index < -0.39 is 16.9 Å². The van der Waals surface area contributed by atoms with Crippen molar-refractivity contribution in [2.24, 2.45) is 0 Å². The summed E-state index contributed by atoms with van der Waals surface area (Å²) >= 11 is 0. The smallest absolute Gasteiger partial charge is 0.293 e. The molecule has 1 atom stereocenters. The summed E-state index contributed by atoms with van der Waals surface area (Å²) in [4.78, 5) is 29.0. The zero-order valence-corrected chi connectivity index (χ0v) is 19.4. The first-order valence-electron chi connectivity index (χ1n) is 11.6. The lowest BCUT2D eigenvalue weighted by Gasteiger charge is -2.33. The van der Waals surface area contributed by atoms with Crippen LogP contribution in [0.4, 0.5) is 11.4 Å². The van der Waals surface area contributed by atoms with Crippen molar-refractivity contribution < 1.29 is 14.1 Å². The van der Waals surface area contributed by atoms with Gasteiger partial charge in [-0.1, -0.05) is 48.5 Å². The minimum absolute atomic E-state index is 0.0674. The summed E-state index contributed by atoms with van der Waals surface area (Å²) < 4.78 is 6.06. The molecule has 0 spiro atoms. The number of para-hydroxylation sites is 1. The second-order valence-electron chi connectivity index (χ2n) is 8.75. The molecule has 5 rings (SSSR count). The van der Waals surface area contributed by atoms with Crippen molar-refractivity contribution in [2.45, 2.75) is 6.04 Å². The molecule has 0 saturated carbocycles. The lowest BCUT2D eigenvalue weighted by atomic mass is 10.0. The molecular formula is C27H26N4O4. The van der Waals surface area contributed by atoms with Crippen molar-refractivity contribution in [2.75, 3.05) is 38.1 Å². The predicted molar refractivity (Wildman–Crippen MR) is 135 cm³/mol. The summed E-state index contributed by atoms with van der Waals surface area (Å²) in [5, 5.41) is 15.8. The van der Waals surface area contributed by atoms with Gasteiger partial charge in [-0.25, -0.2) is 0 Å². The van der Waals surface area contributed by atoms with Crippen LogP contribution in [0.15, 0.2) is 83.3 Å². The number of carbonyl (C=O) groups is 1. The highest BCUT2D eigenvalue weighted by atomic mass is 16.6.